The van der Waals surface area contributed by atoms with E-state index < -0.39 is 15.9 Å². The van der Waals surface area contributed by atoms with Crippen LogP contribution in [0, 0.1) is 0 Å². The summed E-state index contributed by atoms with van der Waals surface area (Å²) in [5.74, 6) is -0.285. The van der Waals surface area contributed by atoms with Crippen LogP contribution in [-0.4, -0.2) is 31.2 Å². The van der Waals surface area contributed by atoms with Gasteiger partial charge >= 0.3 is 0 Å². The number of aromatic nitrogens is 2. The molecule has 3 rings (SSSR count). The average Bonchev–Trinajstić information content (AvgIpc) is 2.72. The van der Waals surface area contributed by atoms with Gasteiger partial charge in [0.15, 0.2) is 5.69 Å². The van der Waals surface area contributed by atoms with E-state index in [-0.39, 0.29) is 22.2 Å². The summed E-state index contributed by atoms with van der Waals surface area (Å²) in [6.45, 7) is 3.52. The Kier molecular flexibility index (Phi) is 5.66. The predicted molar refractivity (Wildman–Crippen MR) is 107 cm³/mol. The second kappa shape index (κ2) is 8.02. The lowest BCUT2D eigenvalue weighted by Crippen LogP contribution is -2.42. The Morgan fingerprint density at radius 2 is 1.69 bits per heavy atom. The average molecular weight is 416 g/mol. The molecule has 3 aromatic rings. The Morgan fingerprint density at radius 1 is 1.07 bits per heavy atom. The van der Waals surface area contributed by atoms with Gasteiger partial charge in [-0.1, -0.05) is 18.2 Å². The molecule has 0 aliphatic rings. The van der Waals surface area contributed by atoms with E-state index in [1.807, 2.05) is 4.83 Å². The number of hydrogen-bond acceptors (Lipinski definition) is 6. The summed E-state index contributed by atoms with van der Waals surface area (Å²) in [4.78, 5) is 27.2. The van der Waals surface area contributed by atoms with Gasteiger partial charge in [-0.2, -0.15) is 5.10 Å². The number of ether oxygens (including phenoxy) is 1. The Balaban J connectivity index is 1.92. The Labute approximate surface area is 167 Å². The van der Waals surface area contributed by atoms with Crippen LogP contribution in [0.5, 0.6) is 5.75 Å². The first-order valence-electron chi connectivity index (χ1n) is 8.72. The number of benzene rings is 2. The lowest BCUT2D eigenvalue weighted by molar-refractivity contribution is 0.0939. The standard InChI is InChI=1S/C19H20N4O5S/c1-12(2)23-19(25)16-7-5-4-6-15(16)17(21-23)18(24)20-22-29(26,27)14-10-8-13(28-3)9-11-14/h4-12,22H,1-3H3,(H,20,24). The van der Waals surface area contributed by atoms with Crippen LogP contribution in [0.2, 0.25) is 0 Å². The first-order chi connectivity index (χ1) is 13.7. The Hall–Kier alpha value is -3.24. The van der Waals surface area contributed by atoms with E-state index in [0.29, 0.717) is 16.5 Å². The number of nitrogens with one attached hydrogen (secondary N) is 2. The maximum absolute atomic E-state index is 12.7. The quantitative estimate of drug-likeness (QED) is 0.589. The zero-order valence-corrected chi connectivity index (χ0v) is 16.9. The van der Waals surface area contributed by atoms with Crippen molar-refractivity contribution in [1.29, 1.82) is 0 Å². The number of nitrogens with zero attached hydrogens (tertiary/aromatic N) is 2. The number of sulfonamides is 1. The van der Waals surface area contributed by atoms with Crippen LogP contribution in [0.25, 0.3) is 10.8 Å². The predicted octanol–water partition coefficient (Wildman–Crippen LogP) is 1.61. The van der Waals surface area contributed by atoms with E-state index in [1.165, 1.54) is 36.1 Å². The molecule has 9 nitrogen and oxygen atoms in total. The molecule has 29 heavy (non-hydrogen) atoms. The van der Waals surface area contributed by atoms with Crippen LogP contribution < -0.4 is 20.6 Å². The van der Waals surface area contributed by atoms with Gasteiger partial charge in [0.1, 0.15) is 5.75 Å². The molecule has 0 aliphatic heterocycles. The molecule has 0 bridgehead atoms. The largest absolute Gasteiger partial charge is 0.497 e. The molecule has 0 saturated carbocycles. The third kappa shape index (κ3) is 4.13. The van der Waals surface area contributed by atoms with E-state index in [2.05, 4.69) is 10.5 Å². The molecule has 0 fully saturated rings. The topological polar surface area (TPSA) is 119 Å². The van der Waals surface area contributed by atoms with Gasteiger partial charge < -0.3 is 4.74 Å². The molecule has 1 amide bonds. The summed E-state index contributed by atoms with van der Waals surface area (Å²) in [7, 11) is -2.54. The van der Waals surface area contributed by atoms with Gasteiger partial charge in [0.25, 0.3) is 21.5 Å². The molecule has 0 saturated heterocycles. The highest BCUT2D eigenvalue weighted by Crippen LogP contribution is 2.16. The molecular weight excluding hydrogens is 396 g/mol. The van der Waals surface area contributed by atoms with E-state index in [1.54, 1.807) is 38.1 Å². The van der Waals surface area contributed by atoms with Crippen LogP contribution in [-0.2, 0) is 10.0 Å². The summed E-state index contributed by atoms with van der Waals surface area (Å²) in [5, 5.41) is 4.78. The SMILES string of the molecule is COc1ccc(S(=O)(=O)NNC(=O)c2nn(C(C)C)c(=O)c3ccccc23)cc1. The normalized spacial score (nSPS) is 11.6. The number of carbonyl (C=O) groups is 1. The highest BCUT2D eigenvalue weighted by Gasteiger charge is 2.20. The first-order valence-corrected chi connectivity index (χ1v) is 10.2. The van der Waals surface area contributed by atoms with Crippen molar-refractivity contribution >= 4 is 26.7 Å². The second-order valence-electron chi connectivity index (χ2n) is 6.47. The number of hydrazine groups is 1. The van der Waals surface area contributed by atoms with Crippen molar-refractivity contribution < 1.29 is 17.9 Å². The van der Waals surface area contributed by atoms with Gasteiger partial charge in [0.05, 0.1) is 23.4 Å². The van der Waals surface area contributed by atoms with Crippen molar-refractivity contribution in [2.45, 2.75) is 24.8 Å². The molecule has 0 radical (unpaired) electrons. The van der Waals surface area contributed by atoms with Gasteiger partial charge in [0, 0.05) is 5.39 Å². The molecule has 0 aliphatic carbocycles. The van der Waals surface area contributed by atoms with Crippen LogP contribution >= 0.6 is 0 Å². The van der Waals surface area contributed by atoms with E-state index in [0.717, 1.165) is 0 Å². The highest BCUT2D eigenvalue weighted by molar-refractivity contribution is 7.89. The van der Waals surface area contributed by atoms with Crippen molar-refractivity contribution in [3.63, 3.8) is 0 Å². The summed E-state index contributed by atoms with van der Waals surface area (Å²) < 4.78 is 31.0. The fraction of sp³-hybridized carbons (Fsp3) is 0.211. The second-order valence-corrected chi connectivity index (χ2v) is 8.16. The van der Waals surface area contributed by atoms with Gasteiger partial charge in [0.2, 0.25) is 0 Å². The van der Waals surface area contributed by atoms with Crippen molar-refractivity contribution in [2.75, 3.05) is 7.11 Å². The van der Waals surface area contributed by atoms with Crippen LogP contribution in [0.3, 0.4) is 0 Å². The number of carbonyl (C=O) groups excluding carboxylic acids is 1. The molecule has 152 valence electrons. The summed E-state index contributed by atoms with van der Waals surface area (Å²) in [6, 6.07) is 11.9. The zero-order chi connectivity index (χ0) is 21.2. The van der Waals surface area contributed by atoms with Gasteiger partial charge in [-0.15, -0.1) is 4.83 Å². The fourth-order valence-corrected chi connectivity index (χ4v) is 3.55. The van der Waals surface area contributed by atoms with Gasteiger partial charge in [-0.25, -0.2) is 13.1 Å². The van der Waals surface area contributed by atoms with Crippen molar-refractivity contribution in [3.05, 3.63) is 64.6 Å². The lowest BCUT2D eigenvalue weighted by atomic mass is 10.1. The van der Waals surface area contributed by atoms with E-state index >= 15 is 0 Å². The molecule has 2 aromatic carbocycles. The molecule has 0 unspecified atom stereocenters. The summed E-state index contributed by atoms with van der Waals surface area (Å²) >= 11 is 0. The van der Waals surface area contributed by atoms with Gasteiger partial charge in [-0.3, -0.25) is 15.0 Å². The molecule has 0 spiro atoms. The number of hydrogen-bond donors (Lipinski definition) is 2. The van der Waals surface area contributed by atoms with Crippen molar-refractivity contribution in [2.24, 2.45) is 0 Å². The number of methoxy groups -OCH3 is 1. The van der Waals surface area contributed by atoms with Crippen LogP contribution in [0.15, 0.2) is 58.2 Å². The number of amides is 1. The monoisotopic (exact) mass is 416 g/mol. The molecule has 2 N–H and O–H groups in total. The van der Waals surface area contributed by atoms with E-state index in [4.69, 9.17) is 4.74 Å². The Morgan fingerprint density at radius 3 is 2.28 bits per heavy atom. The lowest BCUT2D eigenvalue weighted by Gasteiger charge is -2.14. The minimum Gasteiger partial charge on any atom is -0.497 e. The third-order valence-electron chi connectivity index (χ3n) is 4.20. The maximum Gasteiger partial charge on any atom is 0.287 e. The third-order valence-corrected chi connectivity index (χ3v) is 5.46. The number of fused-ring (bicyclic) bond motifs is 1. The van der Waals surface area contributed by atoms with Crippen molar-refractivity contribution in [1.82, 2.24) is 20.0 Å². The molecule has 0 atom stereocenters. The maximum atomic E-state index is 12.7. The molecule has 1 heterocycles. The molecule has 10 heteroatoms. The summed E-state index contributed by atoms with van der Waals surface area (Å²) in [6.07, 6.45) is 0. The van der Waals surface area contributed by atoms with Crippen molar-refractivity contribution in [3.8, 4) is 5.75 Å². The van der Waals surface area contributed by atoms with E-state index in [9.17, 15) is 18.0 Å². The molecule has 1 aromatic heterocycles. The first kappa shape index (κ1) is 20.5. The van der Waals surface area contributed by atoms with Gasteiger partial charge in [-0.05, 0) is 44.2 Å². The minimum atomic E-state index is -4.01. The minimum absolute atomic E-state index is 0.0523. The molecular formula is C19H20N4O5S. The fourth-order valence-electron chi connectivity index (χ4n) is 2.71. The van der Waals surface area contributed by atoms with Crippen LogP contribution in [0.4, 0.5) is 0 Å². The summed E-state index contributed by atoms with van der Waals surface area (Å²) in [5.41, 5.74) is 1.77. The van der Waals surface area contributed by atoms with Crippen LogP contribution in [0.1, 0.15) is 30.4 Å². The highest BCUT2D eigenvalue weighted by atomic mass is 32.2. The smallest absolute Gasteiger partial charge is 0.287 e. The number of rotatable bonds is 6. The zero-order valence-electron chi connectivity index (χ0n) is 16.0. The Bertz CT molecular complexity index is 1220.